The highest BCUT2D eigenvalue weighted by Crippen LogP contribution is 2.31. The first kappa shape index (κ1) is 21.1. The Morgan fingerprint density at radius 1 is 1.17 bits per heavy atom. The molecule has 2 aromatic carbocycles. The maximum Gasteiger partial charge on any atom is 0.261 e. The fourth-order valence-corrected chi connectivity index (χ4v) is 4.30. The lowest BCUT2D eigenvalue weighted by Gasteiger charge is -2.30. The zero-order chi connectivity index (χ0) is 20.9. The minimum absolute atomic E-state index is 0.0121. The number of hydrogen-bond acceptors (Lipinski definition) is 5. The molecule has 1 aliphatic heterocycles. The van der Waals surface area contributed by atoms with Gasteiger partial charge in [0.2, 0.25) is 0 Å². The number of hydrogen-bond donors (Lipinski definition) is 1. The van der Waals surface area contributed by atoms with Gasteiger partial charge < -0.3 is 14.4 Å². The number of rotatable bonds is 8. The third-order valence-corrected chi connectivity index (χ3v) is 6.03. The van der Waals surface area contributed by atoms with Crippen LogP contribution in [-0.4, -0.2) is 41.2 Å². The molecule has 0 bridgehead atoms. The predicted molar refractivity (Wildman–Crippen MR) is 112 cm³/mol. The number of benzene rings is 2. The minimum Gasteiger partial charge on any atom is -0.494 e. The second kappa shape index (κ2) is 9.28. The topological polar surface area (TPSA) is 84.9 Å². The van der Waals surface area contributed by atoms with E-state index >= 15 is 0 Å². The van der Waals surface area contributed by atoms with Crippen LogP contribution in [0.1, 0.15) is 25.3 Å². The number of ether oxygens (including phenoxy) is 2. The maximum atomic E-state index is 12.8. The van der Waals surface area contributed by atoms with Crippen LogP contribution in [0.3, 0.4) is 0 Å². The Kier molecular flexibility index (Phi) is 6.76. The van der Waals surface area contributed by atoms with E-state index in [1.807, 2.05) is 13.0 Å². The summed E-state index contributed by atoms with van der Waals surface area (Å²) in [7, 11) is -2.28. The quantitative estimate of drug-likeness (QED) is 0.712. The molecule has 1 aliphatic rings. The van der Waals surface area contributed by atoms with E-state index in [2.05, 4.69) is 4.72 Å². The van der Waals surface area contributed by atoms with Crippen molar-refractivity contribution in [3.8, 4) is 5.75 Å². The van der Waals surface area contributed by atoms with E-state index in [0.29, 0.717) is 24.6 Å². The molecule has 1 amide bonds. The van der Waals surface area contributed by atoms with Crippen molar-refractivity contribution in [2.45, 2.75) is 31.1 Å². The number of carbonyl (C=O) groups is 1. The van der Waals surface area contributed by atoms with Gasteiger partial charge in [-0.3, -0.25) is 9.52 Å². The summed E-state index contributed by atoms with van der Waals surface area (Å²) in [6, 6.07) is 11.6. The van der Waals surface area contributed by atoms with Crippen LogP contribution >= 0.6 is 0 Å². The molecule has 0 aliphatic carbocycles. The molecule has 156 valence electrons. The molecule has 0 saturated heterocycles. The van der Waals surface area contributed by atoms with Crippen molar-refractivity contribution in [2.24, 2.45) is 0 Å². The molecule has 0 unspecified atom stereocenters. The zero-order valence-corrected chi connectivity index (χ0v) is 17.5. The van der Waals surface area contributed by atoms with Crippen molar-refractivity contribution in [1.82, 2.24) is 0 Å². The third-order valence-electron chi connectivity index (χ3n) is 4.63. The molecule has 0 fully saturated rings. The summed E-state index contributed by atoms with van der Waals surface area (Å²) < 4.78 is 38.6. The van der Waals surface area contributed by atoms with Gasteiger partial charge in [-0.25, -0.2) is 8.42 Å². The van der Waals surface area contributed by atoms with Crippen molar-refractivity contribution < 1.29 is 22.7 Å². The Bertz CT molecular complexity index is 958. The van der Waals surface area contributed by atoms with Crippen LogP contribution in [0.4, 0.5) is 11.4 Å². The summed E-state index contributed by atoms with van der Waals surface area (Å²) in [4.78, 5) is 14.1. The summed E-state index contributed by atoms with van der Waals surface area (Å²) in [6.07, 6.45) is 2.59. The third kappa shape index (κ3) is 5.07. The Hall–Kier alpha value is -2.58. The second-order valence-electron chi connectivity index (χ2n) is 6.85. The van der Waals surface area contributed by atoms with Crippen molar-refractivity contribution in [3.05, 3.63) is 48.0 Å². The molecular weight excluding hydrogens is 392 g/mol. The van der Waals surface area contributed by atoms with Crippen LogP contribution in [0.2, 0.25) is 0 Å². The molecule has 0 saturated carbocycles. The van der Waals surface area contributed by atoms with Gasteiger partial charge in [-0.15, -0.1) is 0 Å². The number of nitrogens with zero attached hydrogens (tertiary/aromatic N) is 1. The Morgan fingerprint density at radius 2 is 1.93 bits per heavy atom. The fraction of sp³-hybridized carbons (Fsp3) is 0.381. The van der Waals surface area contributed by atoms with Crippen LogP contribution in [0, 0.1) is 0 Å². The van der Waals surface area contributed by atoms with E-state index in [9.17, 15) is 13.2 Å². The first-order chi connectivity index (χ1) is 13.9. The second-order valence-corrected chi connectivity index (χ2v) is 8.53. The normalized spacial score (nSPS) is 13.7. The number of methoxy groups -OCH3 is 1. The lowest BCUT2D eigenvalue weighted by atomic mass is 10.0. The number of sulfonamides is 1. The van der Waals surface area contributed by atoms with Crippen LogP contribution in [-0.2, 0) is 26.0 Å². The summed E-state index contributed by atoms with van der Waals surface area (Å²) in [6.45, 7) is 3.16. The molecular formula is C21H26N2O5S. The number of fused-ring (bicyclic) bond motifs is 1. The van der Waals surface area contributed by atoms with Crippen molar-refractivity contribution in [1.29, 1.82) is 0 Å². The lowest BCUT2D eigenvalue weighted by Crippen LogP contribution is -2.37. The summed E-state index contributed by atoms with van der Waals surface area (Å²) in [5, 5.41) is 0. The molecule has 0 spiro atoms. The number of carbonyl (C=O) groups excluding carboxylic acids is 1. The summed E-state index contributed by atoms with van der Waals surface area (Å²) >= 11 is 0. The monoisotopic (exact) mass is 418 g/mol. The van der Waals surface area contributed by atoms with Crippen molar-refractivity contribution >= 4 is 27.3 Å². The highest BCUT2D eigenvalue weighted by Gasteiger charge is 2.23. The number of nitrogens with one attached hydrogen (secondary N) is 1. The average Bonchev–Trinajstić information content (AvgIpc) is 2.72. The first-order valence-electron chi connectivity index (χ1n) is 9.62. The molecule has 0 aromatic heterocycles. The molecule has 29 heavy (non-hydrogen) atoms. The highest BCUT2D eigenvalue weighted by molar-refractivity contribution is 7.92. The van der Waals surface area contributed by atoms with E-state index < -0.39 is 10.0 Å². The molecule has 1 heterocycles. The minimum atomic E-state index is -3.76. The van der Waals surface area contributed by atoms with Gasteiger partial charge in [0.05, 0.1) is 17.2 Å². The molecule has 0 atom stereocenters. The van der Waals surface area contributed by atoms with Crippen molar-refractivity contribution in [3.63, 3.8) is 0 Å². The van der Waals surface area contributed by atoms with Gasteiger partial charge in [-0.1, -0.05) is 13.0 Å². The highest BCUT2D eigenvalue weighted by atomic mass is 32.2. The summed E-state index contributed by atoms with van der Waals surface area (Å²) in [5.74, 6) is 0.489. The molecule has 2 aromatic rings. The van der Waals surface area contributed by atoms with E-state index in [1.165, 1.54) is 19.2 Å². The molecule has 1 N–H and O–H groups in total. The average molecular weight is 419 g/mol. The van der Waals surface area contributed by atoms with Gasteiger partial charge in [-0.05, 0) is 61.2 Å². The van der Waals surface area contributed by atoms with Gasteiger partial charge in [0.1, 0.15) is 12.4 Å². The van der Waals surface area contributed by atoms with Gasteiger partial charge >= 0.3 is 0 Å². The van der Waals surface area contributed by atoms with Crippen LogP contribution in [0.25, 0.3) is 0 Å². The number of amides is 1. The van der Waals surface area contributed by atoms with Crippen molar-refractivity contribution in [2.75, 3.05) is 36.5 Å². The van der Waals surface area contributed by atoms with E-state index in [1.54, 1.807) is 29.2 Å². The van der Waals surface area contributed by atoms with Gasteiger partial charge in [0.15, 0.2) is 0 Å². The van der Waals surface area contributed by atoms with E-state index in [4.69, 9.17) is 9.47 Å². The largest absolute Gasteiger partial charge is 0.494 e. The van der Waals surface area contributed by atoms with E-state index in [0.717, 1.165) is 30.5 Å². The van der Waals surface area contributed by atoms with Gasteiger partial charge in [0.25, 0.3) is 15.9 Å². The smallest absolute Gasteiger partial charge is 0.261 e. The molecule has 0 radical (unpaired) electrons. The van der Waals surface area contributed by atoms with Crippen LogP contribution in [0.15, 0.2) is 47.4 Å². The number of aryl methyl sites for hydroxylation is 1. The predicted octanol–water partition coefficient (Wildman–Crippen LogP) is 3.20. The van der Waals surface area contributed by atoms with Gasteiger partial charge in [0, 0.05) is 19.3 Å². The Balaban J connectivity index is 1.81. The first-order valence-corrected chi connectivity index (χ1v) is 11.1. The maximum absolute atomic E-state index is 12.8. The lowest BCUT2D eigenvalue weighted by molar-refractivity contribution is -0.122. The standard InChI is InChI=1S/C21H26N2O5S/c1-3-13-28-18-8-10-19(11-9-18)29(25,26)22-17-7-6-16-5-4-12-23(20(16)14-17)21(24)15-27-2/h6-11,14,22H,3-5,12-13,15H2,1-2H3. The van der Waals surface area contributed by atoms with Gasteiger partial charge in [-0.2, -0.15) is 0 Å². The summed E-state index contributed by atoms with van der Waals surface area (Å²) in [5.41, 5.74) is 2.15. The van der Waals surface area contributed by atoms with E-state index in [-0.39, 0.29) is 17.4 Å². The molecule has 7 nitrogen and oxygen atoms in total. The Labute approximate surface area is 171 Å². The molecule has 3 rings (SSSR count). The van der Waals surface area contributed by atoms with Crippen LogP contribution < -0.4 is 14.4 Å². The Morgan fingerprint density at radius 3 is 2.62 bits per heavy atom. The molecule has 8 heteroatoms. The SMILES string of the molecule is CCCOc1ccc(S(=O)(=O)Nc2ccc3c(c2)N(C(=O)COC)CCC3)cc1. The van der Waals surface area contributed by atoms with Crippen LogP contribution in [0.5, 0.6) is 5.75 Å². The fourth-order valence-electron chi connectivity index (χ4n) is 3.25. The number of anilines is 2. The zero-order valence-electron chi connectivity index (χ0n) is 16.7.